The Hall–Kier alpha value is -1.71. The molecule has 1 aromatic rings. The Morgan fingerprint density at radius 2 is 2.05 bits per heavy atom. The molecule has 1 aliphatic carbocycles. The van der Waals surface area contributed by atoms with Crippen molar-refractivity contribution in [2.75, 3.05) is 31.3 Å². The second kappa shape index (κ2) is 6.64. The van der Waals surface area contributed by atoms with Gasteiger partial charge in [0.1, 0.15) is 0 Å². The summed E-state index contributed by atoms with van der Waals surface area (Å²) >= 11 is 0. The smallest absolute Gasteiger partial charge is 0.253 e. The molecule has 110 valence electrons. The number of carbonyl (C=O) groups excluding carboxylic acids is 1. The fourth-order valence-electron chi connectivity index (χ4n) is 3.05. The van der Waals surface area contributed by atoms with E-state index in [0.29, 0.717) is 11.3 Å². The maximum Gasteiger partial charge on any atom is 0.253 e. The first-order chi connectivity index (χ1) is 9.61. The Bertz CT molecular complexity index is 467. The van der Waals surface area contributed by atoms with Crippen molar-refractivity contribution in [1.29, 1.82) is 0 Å². The zero-order valence-electron chi connectivity index (χ0n) is 12.5. The first-order valence-electron chi connectivity index (χ1n) is 7.44. The number of nitrogens with two attached hydrogens (primary N) is 1. The molecular formula is C16H25N3O. The molecule has 1 saturated carbocycles. The van der Waals surface area contributed by atoms with Gasteiger partial charge >= 0.3 is 0 Å². The molecule has 1 aromatic carbocycles. The van der Waals surface area contributed by atoms with Crippen molar-refractivity contribution in [3.63, 3.8) is 0 Å². The van der Waals surface area contributed by atoms with Gasteiger partial charge in [0.2, 0.25) is 0 Å². The van der Waals surface area contributed by atoms with Crippen LogP contribution in [-0.4, -0.2) is 26.5 Å². The van der Waals surface area contributed by atoms with Gasteiger partial charge in [-0.15, -0.1) is 0 Å². The zero-order valence-corrected chi connectivity index (χ0v) is 12.5. The second-order valence-electron chi connectivity index (χ2n) is 5.74. The summed E-state index contributed by atoms with van der Waals surface area (Å²) in [6, 6.07) is 5.48. The van der Waals surface area contributed by atoms with Gasteiger partial charge < -0.3 is 16.0 Å². The van der Waals surface area contributed by atoms with E-state index in [1.54, 1.807) is 19.2 Å². The molecule has 1 aliphatic rings. The van der Waals surface area contributed by atoms with Crippen LogP contribution in [0.15, 0.2) is 18.2 Å². The summed E-state index contributed by atoms with van der Waals surface area (Å²) in [5.41, 5.74) is 8.20. The highest BCUT2D eigenvalue weighted by Gasteiger charge is 2.19. The molecule has 0 aliphatic heterocycles. The number of nitrogens with one attached hydrogen (secondary N) is 1. The summed E-state index contributed by atoms with van der Waals surface area (Å²) < 4.78 is 0. The minimum absolute atomic E-state index is 0.0597. The van der Waals surface area contributed by atoms with Gasteiger partial charge in [-0.1, -0.05) is 19.3 Å². The zero-order chi connectivity index (χ0) is 14.5. The van der Waals surface area contributed by atoms with E-state index >= 15 is 0 Å². The number of nitrogen functional groups attached to an aromatic ring is 1. The van der Waals surface area contributed by atoms with Crippen molar-refractivity contribution in [2.45, 2.75) is 32.1 Å². The SMILES string of the molecule is CNC(=O)c1ccc(N)cc1N(C)CC1CCCCC1. The summed E-state index contributed by atoms with van der Waals surface area (Å²) in [5, 5.41) is 2.69. The van der Waals surface area contributed by atoms with Crippen molar-refractivity contribution in [3.8, 4) is 0 Å². The number of amides is 1. The van der Waals surface area contributed by atoms with E-state index in [9.17, 15) is 4.79 Å². The third kappa shape index (κ3) is 3.44. The van der Waals surface area contributed by atoms with Crippen LogP contribution in [0.3, 0.4) is 0 Å². The van der Waals surface area contributed by atoms with Crippen LogP contribution in [0.2, 0.25) is 0 Å². The van der Waals surface area contributed by atoms with Crippen molar-refractivity contribution >= 4 is 17.3 Å². The lowest BCUT2D eigenvalue weighted by molar-refractivity contribution is 0.0963. The topological polar surface area (TPSA) is 58.4 Å². The summed E-state index contributed by atoms with van der Waals surface area (Å²) in [4.78, 5) is 14.1. The molecule has 1 fully saturated rings. The Kier molecular flexibility index (Phi) is 4.88. The van der Waals surface area contributed by atoms with Crippen LogP contribution in [0.1, 0.15) is 42.5 Å². The molecule has 3 N–H and O–H groups in total. The predicted octanol–water partition coefficient (Wildman–Crippen LogP) is 2.64. The molecule has 2 rings (SSSR count). The molecule has 0 spiro atoms. The first-order valence-corrected chi connectivity index (χ1v) is 7.44. The van der Waals surface area contributed by atoms with Gasteiger partial charge in [0, 0.05) is 26.3 Å². The predicted molar refractivity (Wildman–Crippen MR) is 84.1 cm³/mol. The largest absolute Gasteiger partial charge is 0.399 e. The lowest BCUT2D eigenvalue weighted by Crippen LogP contribution is -2.29. The minimum Gasteiger partial charge on any atom is -0.399 e. The standard InChI is InChI=1S/C16H25N3O/c1-18-16(20)14-9-8-13(17)10-15(14)19(2)11-12-6-4-3-5-7-12/h8-10,12H,3-7,11,17H2,1-2H3,(H,18,20). The minimum atomic E-state index is -0.0597. The molecular weight excluding hydrogens is 250 g/mol. The molecule has 0 saturated heterocycles. The second-order valence-corrected chi connectivity index (χ2v) is 5.74. The summed E-state index contributed by atoms with van der Waals surface area (Å²) in [6.07, 6.45) is 6.61. The van der Waals surface area contributed by atoms with E-state index < -0.39 is 0 Å². The van der Waals surface area contributed by atoms with Gasteiger partial charge in [-0.3, -0.25) is 4.79 Å². The first kappa shape index (κ1) is 14.7. The maximum absolute atomic E-state index is 12.0. The summed E-state index contributed by atoms with van der Waals surface area (Å²) in [7, 11) is 3.71. The van der Waals surface area contributed by atoms with Gasteiger partial charge in [0.05, 0.1) is 11.3 Å². The quantitative estimate of drug-likeness (QED) is 0.831. The fraction of sp³-hybridized carbons (Fsp3) is 0.562. The van der Waals surface area contributed by atoms with Gasteiger partial charge in [-0.2, -0.15) is 0 Å². The highest BCUT2D eigenvalue weighted by molar-refractivity contribution is 6.00. The number of carbonyl (C=O) groups is 1. The number of hydrogen-bond acceptors (Lipinski definition) is 3. The summed E-state index contributed by atoms with van der Waals surface area (Å²) in [5.74, 6) is 0.670. The molecule has 1 amide bonds. The van der Waals surface area contributed by atoms with E-state index in [-0.39, 0.29) is 5.91 Å². The number of rotatable bonds is 4. The maximum atomic E-state index is 12.0. The van der Waals surface area contributed by atoms with Gasteiger partial charge in [-0.05, 0) is 37.0 Å². The Morgan fingerprint density at radius 3 is 2.70 bits per heavy atom. The average molecular weight is 275 g/mol. The molecule has 0 radical (unpaired) electrons. The van der Waals surface area contributed by atoms with Crippen LogP contribution >= 0.6 is 0 Å². The number of benzene rings is 1. The third-order valence-electron chi connectivity index (χ3n) is 4.16. The number of anilines is 2. The van der Waals surface area contributed by atoms with Gasteiger partial charge in [0.25, 0.3) is 5.91 Å². The monoisotopic (exact) mass is 275 g/mol. The van der Waals surface area contributed by atoms with Gasteiger partial charge in [-0.25, -0.2) is 0 Å². The molecule has 4 nitrogen and oxygen atoms in total. The number of hydrogen-bond donors (Lipinski definition) is 2. The molecule has 4 heteroatoms. The molecule has 0 bridgehead atoms. The Morgan fingerprint density at radius 1 is 1.35 bits per heavy atom. The van der Waals surface area contributed by atoms with E-state index in [4.69, 9.17) is 5.73 Å². The van der Waals surface area contributed by atoms with E-state index in [1.807, 2.05) is 6.07 Å². The normalized spacial score (nSPS) is 15.9. The molecule has 20 heavy (non-hydrogen) atoms. The van der Waals surface area contributed by atoms with Crippen LogP contribution < -0.4 is 16.0 Å². The van der Waals surface area contributed by atoms with Crippen molar-refractivity contribution < 1.29 is 4.79 Å². The number of nitrogens with zero attached hydrogens (tertiary/aromatic N) is 1. The summed E-state index contributed by atoms with van der Waals surface area (Å²) in [6.45, 7) is 0.993. The molecule has 0 heterocycles. The molecule has 0 unspecified atom stereocenters. The van der Waals surface area contributed by atoms with Gasteiger partial charge in [0.15, 0.2) is 0 Å². The van der Waals surface area contributed by atoms with Crippen LogP contribution in [-0.2, 0) is 0 Å². The van der Waals surface area contributed by atoms with Crippen LogP contribution in [0.25, 0.3) is 0 Å². The van der Waals surface area contributed by atoms with Crippen LogP contribution in [0.5, 0.6) is 0 Å². The Balaban J connectivity index is 2.16. The van der Waals surface area contributed by atoms with Crippen LogP contribution in [0, 0.1) is 5.92 Å². The lowest BCUT2D eigenvalue weighted by atomic mass is 9.89. The Labute approximate surface area is 121 Å². The van der Waals surface area contributed by atoms with E-state index in [1.165, 1.54) is 32.1 Å². The van der Waals surface area contributed by atoms with Crippen molar-refractivity contribution in [1.82, 2.24) is 5.32 Å². The molecule has 0 aromatic heterocycles. The third-order valence-corrected chi connectivity index (χ3v) is 4.16. The van der Waals surface area contributed by atoms with Crippen molar-refractivity contribution in [2.24, 2.45) is 5.92 Å². The van der Waals surface area contributed by atoms with E-state index in [2.05, 4.69) is 17.3 Å². The fourth-order valence-corrected chi connectivity index (χ4v) is 3.05. The highest BCUT2D eigenvalue weighted by atomic mass is 16.1. The highest BCUT2D eigenvalue weighted by Crippen LogP contribution is 2.28. The lowest BCUT2D eigenvalue weighted by Gasteiger charge is -2.29. The average Bonchev–Trinajstić information content (AvgIpc) is 2.47. The van der Waals surface area contributed by atoms with Crippen molar-refractivity contribution in [3.05, 3.63) is 23.8 Å². The van der Waals surface area contributed by atoms with E-state index in [0.717, 1.165) is 18.2 Å². The molecule has 0 atom stereocenters. The van der Waals surface area contributed by atoms with Crippen LogP contribution in [0.4, 0.5) is 11.4 Å².